The molecule has 462 valence electrons. The number of carbonyl (C=O) groups excluding carboxylic acids is 10. The van der Waals surface area contributed by atoms with Crippen LogP contribution in [0.3, 0.4) is 0 Å². The van der Waals surface area contributed by atoms with Gasteiger partial charge in [-0.25, -0.2) is 0 Å². The molecule has 4 saturated heterocycles. The summed E-state index contributed by atoms with van der Waals surface area (Å²) in [6, 6.07) is 9.85. The molecule has 0 saturated carbocycles. The molecule has 0 aliphatic carbocycles. The van der Waals surface area contributed by atoms with Crippen LogP contribution in [0.2, 0.25) is 0 Å². The number of anilines is 2. The first-order valence-corrected chi connectivity index (χ1v) is 27.7. The Kier molecular flexibility index (Phi) is 24.8. The molecule has 13 atom stereocenters. The number of rotatable bonds is 26. The topological polar surface area (TPSA) is 454 Å². The molecule has 84 heavy (non-hydrogen) atoms. The molecular formula is C54H76N10O20. The van der Waals surface area contributed by atoms with Crippen molar-refractivity contribution >= 4 is 70.4 Å². The third kappa shape index (κ3) is 18.4. The average molecular weight is 1190 g/mol. The van der Waals surface area contributed by atoms with Crippen molar-refractivity contribution < 1.29 is 98.3 Å². The van der Waals surface area contributed by atoms with Gasteiger partial charge in [-0.3, -0.25) is 47.9 Å². The zero-order valence-electron chi connectivity index (χ0n) is 46.2. The predicted molar refractivity (Wildman–Crippen MR) is 291 cm³/mol. The maximum Gasteiger partial charge on any atom is 0.251 e. The summed E-state index contributed by atoms with van der Waals surface area (Å²) in [5, 5.41) is 101. The van der Waals surface area contributed by atoms with E-state index in [2.05, 4.69) is 42.5 Å². The third-order valence-corrected chi connectivity index (χ3v) is 14.7. The van der Waals surface area contributed by atoms with E-state index in [1.54, 1.807) is 0 Å². The van der Waals surface area contributed by atoms with E-state index >= 15 is 0 Å². The van der Waals surface area contributed by atoms with Crippen LogP contribution in [0.4, 0.5) is 11.4 Å². The van der Waals surface area contributed by atoms with Crippen molar-refractivity contribution in [1.82, 2.24) is 41.7 Å². The summed E-state index contributed by atoms with van der Waals surface area (Å²) in [6.07, 6.45) is -14.2. The molecular weight excluding hydrogens is 1110 g/mol. The van der Waals surface area contributed by atoms with Crippen molar-refractivity contribution in [3.63, 3.8) is 0 Å². The first-order valence-electron chi connectivity index (χ1n) is 27.7. The highest BCUT2D eigenvalue weighted by Gasteiger charge is 2.47. The minimum absolute atomic E-state index is 0.0396. The Morgan fingerprint density at radius 3 is 1.52 bits per heavy atom. The Morgan fingerprint density at radius 2 is 1.05 bits per heavy atom. The van der Waals surface area contributed by atoms with Crippen LogP contribution < -0.4 is 42.5 Å². The van der Waals surface area contributed by atoms with Crippen LogP contribution in [-0.2, 0) is 59.2 Å². The number of hydrogen-bond acceptors (Lipinski definition) is 20. The van der Waals surface area contributed by atoms with E-state index in [0.717, 1.165) is 5.56 Å². The van der Waals surface area contributed by atoms with Gasteiger partial charge in [0.15, 0.2) is 0 Å². The van der Waals surface area contributed by atoms with Gasteiger partial charge in [0, 0.05) is 50.0 Å². The van der Waals surface area contributed by atoms with Gasteiger partial charge in [-0.2, -0.15) is 0 Å². The SMILES string of the molecule is CC(=O)N[C@@H](CCCCNC(=O)c1cc(NC(=O)CNC(=O)[C@H]2CCCN2C(=O)C[C@@H]2O[C@@H](CO)[C@H](O)[C@H](O)[C@@H]2O)cc(NC(=O)CNC(=O)[C@@H]2CCCN2C(=O)C[C@H]2O[C@@H](CO)[C@H](O)[C@H](O)[C@@H]2O)c1)C(=O)NCC(=O)NCc1ccccc1. The summed E-state index contributed by atoms with van der Waals surface area (Å²) in [7, 11) is 0. The molecule has 4 aliphatic rings. The molecule has 0 spiro atoms. The van der Waals surface area contributed by atoms with Crippen molar-refractivity contribution in [2.24, 2.45) is 0 Å². The fraction of sp³-hybridized carbons (Fsp3) is 0.593. The fourth-order valence-corrected chi connectivity index (χ4v) is 10.3. The lowest BCUT2D eigenvalue weighted by Gasteiger charge is -2.40. The summed E-state index contributed by atoms with van der Waals surface area (Å²) < 4.78 is 10.9. The van der Waals surface area contributed by atoms with Gasteiger partial charge in [-0.15, -0.1) is 0 Å². The van der Waals surface area contributed by atoms with Crippen LogP contribution in [0.15, 0.2) is 48.5 Å². The van der Waals surface area contributed by atoms with Gasteiger partial charge < -0.3 is 103 Å². The van der Waals surface area contributed by atoms with Crippen LogP contribution in [0.1, 0.15) is 80.6 Å². The number of benzene rings is 2. The van der Waals surface area contributed by atoms with Crippen LogP contribution >= 0.6 is 0 Å². The molecule has 10 amide bonds. The molecule has 0 radical (unpaired) electrons. The molecule has 16 N–H and O–H groups in total. The second kappa shape index (κ2) is 31.6. The van der Waals surface area contributed by atoms with E-state index in [1.807, 2.05) is 30.3 Å². The lowest BCUT2D eigenvalue weighted by atomic mass is 9.93. The van der Waals surface area contributed by atoms with Crippen LogP contribution in [0, 0.1) is 0 Å². The van der Waals surface area contributed by atoms with E-state index < -0.39 is 177 Å². The molecule has 0 bridgehead atoms. The highest BCUT2D eigenvalue weighted by atomic mass is 16.6. The fourth-order valence-electron chi connectivity index (χ4n) is 10.3. The van der Waals surface area contributed by atoms with Crippen LogP contribution in [-0.4, -0.2) is 241 Å². The normalized spacial score (nSPS) is 26.0. The number of nitrogens with zero attached hydrogens (tertiary/aromatic N) is 2. The molecule has 0 aromatic heterocycles. The predicted octanol–water partition coefficient (Wildman–Crippen LogP) is -5.92. The Hall–Kier alpha value is -7.26. The van der Waals surface area contributed by atoms with Gasteiger partial charge in [0.2, 0.25) is 53.2 Å². The smallest absolute Gasteiger partial charge is 0.251 e. The Bertz CT molecular complexity index is 2530. The molecule has 2 aromatic carbocycles. The van der Waals surface area contributed by atoms with Gasteiger partial charge in [0.05, 0.1) is 57.9 Å². The quantitative estimate of drug-likeness (QED) is 0.0390. The summed E-state index contributed by atoms with van der Waals surface area (Å²) in [6.45, 7) is -1.25. The number of nitrogens with one attached hydrogen (secondary N) is 8. The number of ether oxygens (including phenoxy) is 2. The van der Waals surface area contributed by atoms with Crippen molar-refractivity contribution in [1.29, 1.82) is 0 Å². The maximum atomic E-state index is 13.7. The number of carbonyl (C=O) groups is 10. The summed E-state index contributed by atoms with van der Waals surface area (Å²) in [4.78, 5) is 134. The van der Waals surface area contributed by atoms with Crippen LogP contribution in [0.25, 0.3) is 0 Å². The largest absolute Gasteiger partial charge is 0.394 e. The molecule has 6 rings (SSSR count). The van der Waals surface area contributed by atoms with Crippen molar-refractivity contribution in [3.05, 3.63) is 59.7 Å². The first-order chi connectivity index (χ1) is 40.1. The number of hydrogen-bond donors (Lipinski definition) is 16. The molecule has 2 aromatic rings. The Balaban J connectivity index is 1.06. The molecule has 30 nitrogen and oxygen atoms in total. The second-order valence-electron chi connectivity index (χ2n) is 20.9. The van der Waals surface area contributed by atoms with Crippen molar-refractivity contribution in [2.45, 2.75) is 150 Å². The van der Waals surface area contributed by atoms with Gasteiger partial charge in [0.1, 0.15) is 67.0 Å². The molecule has 4 aliphatic heterocycles. The molecule has 4 fully saturated rings. The van der Waals surface area contributed by atoms with Crippen molar-refractivity contribution in [3.8, 4) is 0 Å². The van der Waals surface area contributed by atoms with E-state index in [1.165, 1.54) is 34.9 Å². The zero-order valence-corrected chi connectivity index (χ0v) is 46.2. The van der Waals surface area contributed by atoms with E-state index in [9.17, 15) is 88.8 Å². The third-order valence-electron chi connectivity index (χ3n) is 14.7. The Labute approximate surface area is 482 Å². The highest BCUT2D eigenvalue weighted by molar-refractivity contribution is 6.02. The summed E-state index contributed by atoms with van der Waals surface area (Å²) >= 11 is 0. The Morgan fingerprint density at radius 1 is 0.571 bits per heavy atom. The number of unbranched alkanes of at least 4 members (excludes halogenated alkanes) is 1. The first kappa shape index (κ1) is 65.9. The minimum Gasteiger partial charge on any atom is -0.394 e. The van der Waals surface area contributed by atoms with E-state index in [0.29, 0.717) is 25.7 Å². The number of aliphatic hydroxyl groups is 8. The molecule has 4 heterocycles. The van der Waals surface area contributed by atoms with Crippen molar-refractivity contribution in [2.75, 3.05) is 63.1 Å². The van der Waals surface area contributed by atoms with Gasteiger partial charge in [-0.1, -0.05) is 30.3 Å². The summed E-state index contributed by atoms with van der Waals surface area (Å²) in [5.74, 6) is -6.54. The lowest BCUT2D eigenvalue weighted by molar-refractivity contribution is -0.230. The van der Waals surface area contributed by atoms with E-state index in [4.69, 9.17) is 9.47 Å². The zero-order chi connectivity index (χ0) is 61.2. The highest BCUT2D eigenvalue weighted by Crippen LogP contribution is 2.28. The van der Waals surface area contributed by atoms with Gasteiger partial charge in [-0.05, 0) is 68.7 Å². The number of amides is 10. The second-order valence-corrected chi connectivity index (χ2v) is 20.9. The number of likely N-dealkylation sites (tertiary alicyclic amines) is 2. The lowest BCUT2D eigenvalue weighted by Crippen LogP contribution is -2.59. The minimum atomic E-state index is -1.71. The molecule has 0 unspecified atom stereocenters. The van der Waals surface area contributed by atoms with Gasteiger partial charge >= 0.3 is 0 Å². The van der Waals surface area contributed by atoms with Crippen LogP contribution in [0.5, 0.6) is 0 Å². The standard InChI is InChI=1S/C54H76N10O20/c1-28(67)60-33(52(80)57-23-40(68)56-22-29-9-3-2-4-10-29)11-5-6-14-55-51(79)30-17-31(61-41(69)24-58-53(81)34-12-7-15-63(34)43(71)20-36-45(73)49(77)47(75)38(26-65)83-36)19-32(18-30)62-42(70)25-59-54(82)35-13-8-16-64(35)44(72)21-37-46(74)50(78)48(76)39(27-66)84-37/h2-4,9-10,17-19,33-39,45-50,65-66,73-78H,5-8,11-16,20-27H2,1H3,(H,55,79)(H,56,68)(H,57,80)(H,58,81)(H,59,82)(H,60,67)(H,61,69)(H,62,70)/t33-,34-,35+,36+,37-,38-,39-,45+,46+,47-,48-,49+,50+/m0/s1. The molecule has 30 heteroatoms. The maximum absolute atomic E-state index is 13.7. The summed E-state index contributed by atoms with van der Waals surface area (Å²) in [5.41, 5.74) is 0.679. The average Bonchev–Trinajstić information content (AvgIpc) is 3.57. The monoisotopic (exact) mass is 1180 g/mol. The number of aliphatic hydroxyl groups excluding tert-OH is 8. The van der Waals surface area contributed by atoms with Gasteiger partial charge in [0.25, 0.3) is 5.91 Å². The van der Waals surface area contributed by atoms with E-state index in [-0.39, 0.29) is 68.9 Å².